The molecule has 0 heterocycles. The van der Waals surface area contributed by atoms with Crippen LogP contribution in [0.3, 0.4) is 0 Å². The van der Waals surface area contributed by atoms with Crippen molar-refractivity contribution in [2.75, 3.05) is 6.61 Å². The second kappa shape index (κ2) is 11.5. The lowest BCUT2D eigenvalue weighted by atomic mass is 10.1. The topological polar surface area (TPSA) is 9.23 Å². The molecule has 1 nitrogen and oxygen atoms in total. The molecule has 0 atom stereocenters. The smallest absolute Gasteiger partial charge is 0.119 e. The van der Waals surface area contributed by atoms with Crippen LogP contribution in [0.2, 0.25) is 0 Å². The number of hydrogen-bond acceptors (Lipinski definition) is 1. The van der Waals surface area contributed by atoms with Crippen LogP contribution < -0.4 is 4.74 Å². The summed E-state index contributed by atoms with van der Waals surface area (Å²) in [7, 11) is 0. The van der Waals surface area contributed by atoms with Gasteiger partial charge in [-0.25, -0.2) is 0 Å². The molecule has 0 aromatic heterocycles. The second-order valence-corrected chi connectivity index (χ2v) is 7.60. The summed E-state index contributed by atoms with van der Waals surface area (Å²) in [4.78, 5) is 0. The molecule has 0 aliphatic rings. The lowest BCUT2D eigenvalue weighted by Gasteiger charge is -2.08. The Balaban J connectivity index is 1.63. The van der Waals surface area contributed by atoms with Gasteiger partial charge < -0.3 is 4.74 Å². The van der Waals surface area contributed by atoms with Gasteiger partial charge in [-0.3, -0.25) is 0 Å². The fourth-order valence-corrected chi connectivity index (χ4v) is 3.17. The number of rotatable bonds is 11. The summed E-state index contributed by atoms with van der Waals surface area (Å²) >= 11 is 2.33. The first-order valence-corrected chi connectivity index (χ1v) is 10.4. The molecule has 0 saturated carbocycles. The molecule has 0 fully saturated rings. The number of ether oxygens (including phenoxy) is 1. The molecule has 0 unspecified atom stereocenters. The molecule has 0 spiro atoms. The first-order valence-electron chi connectivity index (χ1n) is 9.28. The first kappa shape index (κ1) is 19.3. The third-order valence-electron chi connectivity index (χ3n) is 4.30. The molecular weight excluding hydrogens is 407 g/mol. The Labute approximate surface area is 161 Å². The Morgan fingerprint density at radius 1 is 0.667 bits per heavy atom. The van der Waals surface area contributed by atoms with Gasteiger partial charge in [0.2, 0.25) is 0 Å². The summed E-state index contributed by atoms with van der Waals surface area (Å²) in [6, 6.07) is 17.1. The van der Waals surface area contributed by atoms with Gasteiger partial charge in [0.15, 0.2) is 0 Å². The van der Waals surface area contributed by atoms with Crippen LogP contribution in [-0.4, -0.2) is 6.61 Å². The quantitative estimate of drug-likeness (QED) is 0.262. The van der Waals surface area contributed by atoms with Crippen molar-refractivity contribution in [3.63, 3.8) is 0 Å². The Morgan fingerprint density at radius 3 is 1.75 bits per heavy atom. The molecule has 24 heavy (non-hydrogen) atoms. The van der Waals surface area contributed by atoms with E-state index in [1.54, 1.807) is 0 Å². The standard InChI is InChI=1S/C22H29IO/c1-2-3-4-5-6-7-8-9-18-24-22-16-12-20(13-17-22)19-10-14-21(23)15-11-19/h10-17H,2-9,18H2,1H3. The van der Waals surface area contributed by atoms with E-state index < -0.39 is 0 Å². The zero-order chi connectivity index (χ0) is 17.0. The predicted octanol–water partition coefficient (Wildman–Crippen LogP) is 7.48. The van der Waals surface area contributed by atoms with Crippen LogP contribution in [0.25, 0.3) is 11.1 Å². The maximum absolute atomic E-state index is 5.86. The highest BCUT2D eigenvalue weighted by Gasteiger charge is 1.99. The van der Waals surface area contributed by atoms with Crippen molar-refractivity contribution in [3.05, 3.63) is 52.1 Å². The van der Waals surface area contributed by atoms with Crippen LogP contribution >= 0.6 is 22.6 Å². The van der Waals surface area contributed by atoms with Gasteiger partial charge in [0, 0.05) is 3.57 Å². The van der Waals surface area contributed by atoms with Gasteiger partial charge in [-0.1, -0.05) is 76.1 Å². The van der Waals surface area contributed by atoms with E-state index in [-0.39, 0.29) is 0 Å². The highest BCUT2D eigenvalue weighted by atomic mass is 127. The van der Waals surface area contributed by atoms with Crippen molar-refractivity contribution >= 4 is 22.6 Å². The van der Waals surface area contributed by atoms with Crippen LogP contribution in [0, 0.1) is 3.57 Å². The molecule has 2 heteroatoms. The molecule has 130 valence electrons. The van der Waals surface area contributed by atoms with Crippen LogP contribution in [-0.2, 0) is 0 Å². The summed E-state index contributed by atoms with van der Waals surface area (Å²) in [6.07, 6.45) is 10.7. The molecule has 0 radical (unpaired) electrons. The van der Waals surface area contributed by atoms with E-state index in [2.05, 4.69) is 78.0 Å². The van der Waals surface area contributed by atoms with E-state index in [0.717, 1.165) is 18.8 Å². The number of hydrogen-bond donors (Lipinski definition) is 0. The summed E-state index contributed by atoms with van der Waals surface area (Å²) in [5.41, 5.74) is 2.50. The second-order valence-electron chi connectivity index (χ2n) is 6.35. The van der Waals surface area contributed by atoms with Crippen LogP contribution in [0.1, 0.15) is 58.3 Å². The molecule has 0 aliphatic heterocycles. The van der Waals surface area contributed by atoms with Gasteiger partial charge in [0.05, 0.1) is 6.61 Å². The minimum atomic E-state index is 0.831. The Kier molecular flexibility index (Phi) is 9.26. The molecule has 0 amide bonds. The molecule has 0 bridgehead atoms. The van der Waals surface area contributed by atoms with Gasteiger partial charge >= 0.3 is 0 Å². The Morgan fingerprint density at radius 2 is 1.17 bits per heavy atom. The molecule has 0 aliphatic carbocycles. The van der Waals surface area contributed by atoms with E-state index in [4.69, 9.17) is 4.74 Å². The van der Waals surface area contributed by atoms with E-state index >= 15 is 0 Å². The van der Waals surface area contributed by atoms with Gasteiger partial charge in [-0.2, -0.15) is 0 Å². The third kappa shape index (κ3) is 7.25. The zero-order valence-electron chi connectivity index (χ0n) is 14.8. The molecule has 2 rings (SSSR count). The van der Waals surface area contributed by atoms with Crippen molar-refractivity contribution in [2.24, 2.45) is 0 Å². The van der Waals surface area contributed by atoms with Crippen molar-refractivity contribution in [1.29, 1.82) is 0 Å². The minimum Gasteiger partial charge on any atom is -0.494 e. The summed E-state index contributed by atoms with van der Waals surface area (Å²) in [5, 5.41) is 0. The Bertz CT molecular complexity index is 560. The van der Waals surface area contributed by atoms with Crippen LogP contribution in [0.4, 0.5) is 0 Å². The lowest BCUT2D eigenvalue weighted by Crippen LogP contribution is -1.97. The summed E-state index contributed by atoms with van der Waals surface area (Å²) < 4.78 is 7.13. The summed E-state index contributed by atoms with van der Waals surface area (Å²) in [5.74, 6) is 0.979. The maximum atomic E-state index is 5.86. The highest BCUT2D eigenvalue weighted by Crippen LogP contribution is 2.23. The molecule has 2 aromatic carbocycles. The van der Waals surface area contributed by atoms with Crippen molar-refractivity contribution in [1.82, 2.24) is 0 Å². The minimum absolute atomic E-state index is 0.831. The normalized spacial score (nSPS) is 10.8. The highest BCUT2D eigenvalue weighted by molar-refractivity contribution is 14.1. The number of benzene rings is 2. The van der Waals surface area contributed by atoms with Gasteiger partial charge in [0.25, 0.3) is 0 Å². The predicted molar refractivity (Wildman–Crippen MR) is 113 cm³/mol. The first-order chi connectivity index (χ1) is 11.8. The monoisotopic (exact) mass is 436 g/mol. The average molecular weight is 436 g/mol. The fourth-order valence-electron chi connectivity index (χ4n) is 2.81. The van der Waals surface area contributed by atoms with Crippen molar-refractivity contribution in [3.8, 4) is 16.9 Å². The SMILES string of the molecule is CCCCCCCCCCOc1ccc(-c2ccc(I)cc2)cc1. The van der Waals surface area contributed by atoms with Gasteiger partial charge in [-0.05, 0) is 64.4 Å². The maximum Gasteiger partial charge on any atom is 0.119 e. The van der Waals surface area contributed by atoms with E-state index in [1.165, 1.54) is 59.6 Å². The molecule has 2 aromatic rings. The molecule has 0 N–H and O–H groups in total. The number of halogens is 1. The largest absolute Gasteiger partial charge is 0.494 e. The number of unbranched alkanes of at least 4 members (excludes halogenated alkanes) is 7. The Hall–Kier alpha value is -1.03. The lowest BCUT2D eigenvalue weighted by molar-refractivity contribution is 0.304. The fraction of sp³-hybridized carbons (Fsp3) is 0.455. The van der Waals surface area contributed by atoms with E-state index in [9.17, 15) is 0 Å². The van der Waals surface area contributed by atoms with Crippen LogP contribution in [0.5, 0.6) is 5.75 Å². The third-order valence-corrected chi connectivity index (χ3v) is 5.02. The average Bonchev–Trinajstić information content (AvgIpc) is 2.62. The van der Waals surface area contributed by atoms with Crippen LogP contribution in [0.15, 0.2) is 48.5 Å². The molecule has 0 saturated heterocycles. The van der Waals surface area contributed by atoms with Gasteiger partial charge in [-0.15, -0.1) is 0 Å². The summed E-state index contributed by atoms with van der Waals surface area (Å²) in [6.45, 7) is 3.10. The van der Waals surface area contributed by atoms with Gasteiger partial charge in [0.1, 0.15) is 5.75 Å². The molecular formula is C22H29IO. The van der Waals surface area contributed by atoms with Crippen molar-refractivity contribution in [2.45, 2.75) is 58.3 Å². The van der Waals surface area contributed by atoms with E-state index in [0.29, 0.717) is 0 Å². The van der Waals surface area contributed by atoms with E-state index in [1.807, 2.05) is 0 Å². The van der Waals surface area contributed by atoms with Crippen molar-refractivity contribution < 1.29 is 4.74 Å². The zero-order valence-corrected chi connectivity index (χ0v) is 16.9.